The number of unbranched alkanes of at least 4 members (excludes halogenated alkanes) is 4. The third-order valence-electron chi connectivity index (χ3n) is 2.19. The van der Waals surface area contributed by atoms with Gasteiger partial charge in [0.05, 0.1) is 6.61 Å². The average molecular weight is 211 g/mol. The van der Waals surface area contributed by atoms with E-state index >= 15 is 0 Å². The first-order valence-electron chi connectivity index (χ1n) is 5.58. The quantitative estimate of drug-likeness (QED) is 0.508. The summed E-state index contributed by atoms with van der Waals surface area (Å²) < 4.78 is 18.0. The van der Waals surface area contributed by atoms with Crippen molar-refractivity contribution in [1.82, 2.24) is 4.98 Å². The van der Waals surface area contributed by atoms with Gasteiger partial charge in [-0.3, -0.25) is 0 Å². The topological polar surface area (TPSA) is 22.1 Å². The van der Waals surface area contributed by atoms with Crippen LogP contribution in [0.15, 0.2) is 18.2 Å². The normalized spacial score (nSPS) is 10.3. The molecule has 0 amide bonds. The maximum Gasteiger partial charge on any atom is 0.216 e. The van der Waals surface area contributed by atoms with E-state index in [2.05, 4.69) is 11.9 Å². The molecule has 0 aromatic carbocycles. The molecule has 0 bridgehead atoms. The van der Waals surface area contributed by atoms with Crippen LogP contribution < -0.4 is 4.74 Å². The molecule has 0 fully saturated rings. The first-order valence-corrected chi connectivity index (χ1v) is 5.58. The number of pyridine rings is 1. The van der Waals surface area contributed by atoms with Crippen molar-refractivity contribution >= 4 is 0 Å². The van der Waals surface area contributed by atoms with Crippen LogP contribution in [-0.2, 0) is 0 Å². The Morgan fingerprint density at radius 3 is 2.73 bits per heavy atom. The Morgan fingerprint density at radius 2 is 2.00 bits per heavy atom. The summed E-state index contributed by atoms with van der Waals surface area (Å²) in [7, 11) is 0. The lowest BCUT2D eigenvalue weighted by Gasteiger charge is -2.04. The third-order valence-corrected chi connectivity index (χ3v) is 2.19. The van der Waals surface area contributed by atoms with Gasteiger partial charge in [-0.1, -0.05) is 38.7 Å². The fourth-order valence-corrected chi connectivity index (χ4v) is 1.35. The Labute approximate surface area is 90.5 Å². The van der Waals surface area contributed by atoms with E-state index in [-0.39, 0.29) is 0 Å². The van der Waals surface area contributed by atoms with Crippen molar-refractivity contribution in [2.75, 3.05) is 6.61 Å². The summed E-state index contributed by atoms with van der Waals surface area (Å²) in [5.74, 6) is -0.107. The maximum atomic E-state index is 12.7. The van der Waals surface area contributed by atoms with E-state index in [1.807, 2.05) is 0 Å². The Hall–Kier alpha value is -1.12. The number of hydrogen-bond donors (Lipinski definition) is 0. The Balaban J connectivity index is 2.10. The molecule has 1 aromatic heterocycles. The second kappa shape index (κ2) is 7.21. The van der Waals surface area contributed by atoms with E-state index < -0.39 is 5.95 Å². The summed E-state index contributed by atoms with van der Waals surface area (Å²) in [4.78, 5) is 3.62. The van der Waals surface area contributed by atoms with E-state index in [1.165, 1.54) is 31.7 Å². The summed E-state index contributed by atoms with van der Waals surface area (Å²) in [6, 6.07) is 4.60. The average Bonchev–Trinajstić information content (AvgIpc) is 2.23. The summed E-state index contributed by atoms with van der Waals surface area (Å²) >= 11 is 0. The van der Waals surface area contributed by atoms with Gasteiger partial charge in [0.2, 0.25) is 11.8 Å². The van der Waals surface area contributed by atoms with Crippen LogP contribution in [0.5, 0.6) is 5.88 Å². The minimum atomic E-state index is -0.488. The minimum Gasteiger partial charge on any atom is -0.478 e. The second-order valence-corrected chi connectivity index (χ2v) is 3.56. The molecule has 0 saturated heterocycles. The molecule has 0 aliphatic rings. The molecule has 84 valence electrons. The molecule has 0 spiro atoms. The van der Waals surface area contributed by atoms with Gasteiger partial charge >= 0.3 is 0 Å². The van der Waals surface area contributed by atoms with E-state index in [0.29, 0.717) is 12.5 Å². The number of hydrogen-bond acceptors (Lipinski definition) is 2. The molecule has 15 heavy (non-hydrogen) atoms. The minimum absolute atomic E-state index is 0.380. The zero-order valence-corrected chi connectivity index (χ0v) is 9.21. The summed E-state index contributed by atoms with van der Waals surface area (Å²) in [5.41, 5.74) is 0. The molecule has 0 saturated carbocycles. The first-order chi connectivity index (χ1) is 7.33. The number of nitrogens with zero attached hydrogens (tertiary/aromatic N) is 1. The number of halogens is 1. The van der Waals surface area contributed by atoms with Crippen LogP contribution in [-0.4, -0.2) is 11.6 Å². The van der Waals surface area contributed by atoms with Crippen LogP contribution in [0.25, 0.3) is 0 Å². The number of rotatable bonds is 7. The molecule has 1 heterocycles. The molecule has 0 radical (unpaired) electrons. The Kier molecular flexibility index (Phi) is 5.74. The molecule has 0 aliphatic carbocycles. The summed E-state index contributed by atoms with van der Waals surface area (Å²) in [5, 5.41) is 0. The molecule has 0 N–H and O–H groups in total. The standard InChI is InChI=1S/C12H18FNO/c1-2-3-4-5-6-10-15-12-9-7-8-11(13)14-12/h7-9H,2-6,10H2,1H3. The lowest BCUT2D eigenvalue weighted by Crippen LogP contribution is -1.99. The van der Waals surface area contributed by atoms with Gasteiger partial charge in [-0.25, -0.2) is 0 Å². The highest BCUT2D eigenvalue weighted by molar-refractivity contribution is 5.10. The fraction of sp³-hybridized carbons (Fsp3) is 0.583. The van der Waals surface area contributed by atoms with Crippen molar-refractivity contribution in [3.05, 3.63) is 24.1 Å². The van der Waals surface area contributed by atoms with E-state index in [4.69, 9.17) is 4.74 Å². The van der Waals surface area contributed by atoms with Crippen molar-refractivity contribution in [3.63, 3.8) is 0 Å². The molecule has 0 aliphatic heterocycles. The molecule has 3 heteroatoms. The SMILES string of the molecule is CCCCCCCOc1cccc(F)n1. The van der Waals surface area contributed by atoms with E-state index in [9.17, 15) is 4.39 Å². The van der Waals surface area contributed by atoms with E-state index in [1.54, 1.807) is 12.1 Å². The largest absolute Gasteiger partial charge is 0.478 e. The Morgan fingerprint density at radius 1 is 1.20 bits per heavy atom. The molecule has 1 rings (SSSR count). The Bertz CT molecular complexity index is 278. The van der Waals surface area contributed by atoms with Gasteiger partial charge in [0, 0.05) is 6.07 Å². The molecule has 0 atom stereocenters. The molecule has 1 aromatic rings. The van der Waals surface area contributed by atoms with Crippen molar-refractivity contribution in [2.24, 2.45) is 0 Å². The van der Waals surface area contributed by atoms with Gasteiger partial charge in [-0.05, 0) is 12.5 Å². The van der Waals surface area contributed by atoms with Crippen molar-refractivity contribution in [1.29, 1.82) is 0 Å². The smallest absolute Gasteiger partial charge is 0.216 e. The van der Waals surface area contributed by atoms with Gasteiger partial charge in [0.25, 0.3) is 0 Å². The highest BCUT2D eigenvalue weighted by Crippen LogP contribution is 2.08. The van der Waals surface area contributed by atoms with Crippen LogP contribution in [0, 0.1) is 5.95 Å². The van der Waals surface area contributed by atoms with Gasteiger partial charge in [0.1, 0.15) is 0 Å². The molecular formula is C12H18FNO. The van der Waals surface area contributed by atoms with Gasteiger partial charge in [-0.15, -0.1) is 0 Å². The lowest BCUT2D eigenvalue weighted by molar-refractivity contribution is 0.289. The predicted octanol–water partition coefficient (Wildman–Crippen LogP) is 3.57. The molecule has 2 nitrogen and oxygen atoms in total. The van der Waals surface area contributed by atoms with Crippen LogP contribution in [0.3, 0.4) is 0 Å². The fourth-order valence-electron chi connectivity index (χ4n) is 1.35. The number of ether oxygens (including phenoxy) is 1. The highest BCUT2D eigenvalue weighted by atomic mass is 19.1. The van der Waals surface area contributed by atoms with Crippen molar-refractivity contribution in [3.8, 4) is 5.88 Å². The zero-order chi connectivity index (χ0) is 10.9. The van der Waals surface area contributed by atoms with Gasteiger partial charge < -0.3 is 4.74 Å². The monoisotopic (exact) mass is 211 g/mol. The van der Waals surface area contributed by atoms with Crippen LogP contribution in [0.4, 0.5) is 4.39 Å². The molecule has 0 unspecified atom stereocenters. The zero-order valence-electron chi connectivity index (χ0n) is 9.21. The maximum absolute atomic E-state index is 12.7. The highest BCUT2D eigenvalue weighted by Gasteiger charge is 1.96. The van der Waals surface area contributed by atoms with Crippen LogP contribution in [0.1, 0.15) is 39.0 Å². The van der Waals surface area contributed by atoms with Gasteiger partial charge in [0.15, 0.2) is 0 Å². The summed E-state index contributed by atoms with van der Waals surface area (Å²) in [6.45, 7) is 2.81. The van der Waals surface area contributed by atoms with Crippen molar-refractivity contribution < 1.29 is 9.13 Å². The first kappa shape index (κ1) is 12.0. The van der Waals surface area contributed by atoms with Crippen molar-refractivity contribution in [2.45, 2.75) is 39.0 Å². The van der Waals surface area contributed by atoms with Crippen LogP contribution >= 0.6 is 0 Å². The molecular weight excluding hydrogens is 193 g/mol. The third kappa shape index (κ3) is 5.35. The summed E-state index contributed by atoms with van der Waals surface area (Å²) in [6.07, 6.45) is 5.95. The van der Waals surface area contributed by atoms with Gasteiger partial charge in [-0.2, -0.15) is 9.37 Å². The lowest BCUT2D eigenvalue weighted by atomic mass is 10.2. The second-order valence-electron chi connectivity index (χ2n) is 3.56. The van der Waals surface area contributed by atoms with Crippen LogP contribution in [0.2, 0.25) is 0 Å². The van der Waals surface area contributed by atoms with E-state index in [0.717, 1.165) is 6.42 Å². The number of aromatic nitrogens is 1. The predicted molar refractivity (Wildman–Crippen MR) is 58.4 cm³/mol.